The van der Waals surface area contributed by atoms with Gasteiger partial charge in [0.2, 0.25) is 0 Å². The third kappa shape index (κ3) is 5.00. The highest BCUT2D eigenvalue weighted by Gasteiger charge is 2.34. The first-order chi connectivity index (χ1) is 14.4. The number of thioether (sulfide) groups is 1. The standard InChI is InChI=1S/C22H25N3O3S2/c1-15(24(2)18-13-17(9-10-19(18)29)28-12-6-11-26)20-21(27)25(22(23)30-20)14-16-7-4-3-5-8-16/h3-5,7-10,13,23,26,29H,6,11-12,14H2,1-2H3/b20-15+,23-22?. The van der Waals surface area contributed by atoms with Crippen molar-refractivity contribution in [1.82, 2.24) is 4.90 Å². The Balaban J connectivity index is 1.82. The van der Waals surface area contributed by atoms with Crippen molar-refractivity contribution in [3.8, 4) is 5.75 Å². The van der Waals surface area contributed by atoms with E-state index in [1.54, 1.807) is 0 Å². The highest BCUT2D eigenvalue weighted by atomic mass is 32.2. The summed E-state index contributed by atoms with van der Waals surface area (Å²) < 4.78 is 5.67. The lowest BCUT2D eigenvalue weighted by Crippen LogP contribution is -2.29. The Kier molecular flexibility index (Phi) is 7.47. The first-order valence-electron chi connectivity index (χ1n) is 9.56. The number of aliphatic hydroxyl groups is 1. The van der Waals surface area contributed by atoms with Gasteiger partial charge < -0.3 is 14.7 Å². The predicted octanol–water partition coefficient (Wildman–Crippen LogP) is 4.11. The molecule has 8 heteroatoms. The van der Waals surface area contributed by atoms with Gasteiger partial charge in [-0.05, 0) is 36.4 Å². The second kappa shape index (κ2) is 10.1. The van der Waals surface area contributed by atoms with E-state index in [2.05, 4.69) is 12.6 Å². The largest absolute Gasteiger partial charge is 0.493 e. The number of benzene rings is 2. The summed E-state index contributed by atoms with van der Waals surface area (Å²) in [4.78, 5) is 17.7. The van der Waals surface area contributed by atoms with E-state index in [-0.39, 0.29) is 17.7 Å². The molecule has 1 fully saturated rings. The van der Waals surface area contributed by atoms with Crippen LogP contribution in [0.3, 0.4) is 0 Å². The molecule has 2 aromatic carbocycles. The van der Waals surface area contributed by atoms with Gasteiger partial charge in [0.05, 0.1) is 23.7 Å². The molecular weight excluding hydrogens is 418 g/mol. The van der Waals surface area contributed by atoms with E-state index in [4.69, 9.17) is 15.3 Å². The Morgan fingerprint density at radius 1 is 1.27 bits per heavy atom. The quantitative estimate of drug-likeness (QED) is 0.325. The summed E-state index contributed by atoms with van der Waals surface area (Å²) in [7, 11) is 1.87. The Morgan fingerprint density at radius 2 is 2.00 bits per heavy atom. The van der Waals surface area contributed by atoms with Crippen LogP contribution >= 0.6 is 24.4 Å². The van der Waals surface area contributed by atoms with Gasteiger partial charge in [0.25, 0.3) is 5.91 Å². The van der Waals surface area contributed by atoms with Gasteiger partial charge in [-0.2, -0.15) is 0 Å². The molecule has 0 unspecified atom stereocenters. The van der Waals surface area contributed by atoms with Crippen LogP contribution in [0.15, 0.2) is 64.0 Å². The van der Waals surface area contributed by atoms with Crippen LogP contribution in [0.2, 0.25) is 0 Å². The van der Waals surface area contributed by atoms with Gasteiger partial charge in [-0.1, -0.05) is 30.3 Å². The van der Waals surface area contributed by atoms with Crippen LogP contribution in [0, 0.1) is 5.41 Å². The van der Waals surface area contributed by atoms with Crippen LogP contribution in [0.1, 0.15) is 18.9 Å². The molecule has 0 aromatic heterocycles. The van der Waals surface area contributed by atoms with Crippen molar-refractivity contribution in [2.75, 3.05) is 25.2 Å². The van der Waals surface area contributed by atoms with E-state index < -0.39 is 0 Å². The SMILES string of the molecule is C/C(=C1\SC(=N)N(Cc2ccccc2)C1=O)N(C)c1cc(OCCCO)ccc1S. The molecule has 0 atom stereocenters. The normalized spacial score (nSPS) is 15.5. The number of carbonyl (C=O) groups is 1. The van der Waals surface area contributed by atoms with E-state index in [0.717, 1.165) is 21.8 Å². The molecule has 1 aliphatic heterocycles. The Bertz CT molecular complexity index is 963. The summed E-state index contributed by atoms with van der Waals surface area (Å²) in [6, 6.07) is 15.2. The lowest BCUT2D eigenvalue weighted by Gasteiger charge is -2.23. The van der Waals surface area contributed by atoms with Crippen LogP contribution in [0.5, 0.6) is 5.75 Å². The summed E-state index contributed by atoms with van der Waals surface area (Å²) in [6.45, 7) is 2.74. The summed E-state index contributed by atoms with van der Waals surface area (Å²) in [5.74, 6) is 0.499. The molecular formula is C22H25N3O3S2. The molecule has 0 saturated carbocycles. The fourth-order valence-corrected chi connectivity index (χ4v) is 4.22. The van der Waals surface area contributed by atoms with Crippen molar-refractivity contribution in [1.29, 1.82) is 5.41 Å². The third-order valence-corrected chi connectivity index (χ3v) is 6.24. The van der Waals surface area contributed by atoms with E-state index in [9.17, 15) is 4.79 Å². The van der Waals surface area contributed by atoms with Gasteiger partial charge >= 0.3 is 0 Å². The van der Waals surface area contributed by atoms with Crippen molar-refractivity contribution in [3.05, 3.63) is 64.7 Å². The maximum atomic E-state index is 13.0. The predicted molar refractivity (Wildman–Crippen MR) is 124 cm³/mol. The minimum Gasteiger partial charge on any atom is -0.493 e. The van der Waals surface area contributed by atoms with Gasteiger partial charge in [-0.3, -0.25) is 15.1 Å². The number of amidine groups is 1. The van der Waals surface area contributed by atoms with E-state index in [1.807, 2.05) is 67.4 Å². The number of allylic oxidation sites excluding steroid dienone is 1. The fourth-order valence-electron chi connectivity index (χ4n) is 3.00. The van der Waals surface area contributed by atoms with E-state index in [0.29, 0.717) is 30.2 Å². The van der Waals surface area contributed by atoms with Crippen LogP contribution < -0.4 is 9.64 Å². The second-order valence-corrected chi connectivity index (χ2v) is 8.31. The maximum Gasteiger partial charge on any atom is 0.268 e. The Morgan fingerprint density at radius 3 is 2.70 bits per heavy atom. The average molecular weight is 444 g/mol. The van der Waals surface area contributed by atoms with Gasteiger partial charge in [0, 0.05) is 36.7 Å². The number of anilines is 1. The molecule has 1 heterocycles. The van der Waals surface area contributed by atoms with Gasteiger partial charge in [-0.25, -0.2) is 0 Å². The highest BCUT2D eigenvalue weighted by Crippen LogP contribution is 2.37. The number of thiol groups is 1. The molecule has 158 valence electrons. The first-order valence-corrected chi connectivity index (χ1v) is 10.8. The monoisotopic (exact) mass is 443 g/mol. The average Bonchev–Trinajstić information content (AvgIpc) is 3.03. The van der Waals surface area contributed by atoms with Crippen molar-refractivity contribution in [3.63, 3.8) is 0 Å². The lowest BCUT2D eigenvalue weighted by molar-refractivity contribution is -0.122. The van der Waals surface area contributed by atoms with E-state index in [1.165, 1.54) is 16.7 Å². The number of nitrogens with zero attached hydrogens (tertiary/aromatic N) is 2. The number of carbonyl (C=O) groups excluding carboxylic acids is 1. The van der Waals surface area contributed by atoms with Crippen molar-refractivity contribution < 1.29 is 14.6 Å². The molecule has 30 heavy (non-hydrogen) atoms. The molecule has 1 saturated heterocycles. The molecule has 0 bridgehead atoms. The smallest absolute Gasteiger partial charge is 0.268 e. The lowest BCUT2D eigenvalue weighted by atomic mass is 10.2. The number of aliphatic hydroxyl groups excluding tert-OH is 1. The van der Waals surface area contributed by atoms with Crippen molar-refractivity contribution >= 4 is 41.2 Å². The van der Waals surface area contributed by atoms with Gasteiger partial charge in [0.1, 0.15) is 5.75 Å². The highest BCUT2D eigenvalue weighted by molar-refractivity contribution is 8.18. The molecule has 0 radical (unpaired) electrons. The zero-order valence-corrected chi connectivity index (χ0v) is 18.7. The van der Waals surface area contributed by atoms with E-state index >= 15 is 0 Å². The summed E-state index contributed by atoms with van der Waals surface area (Å²) in [5.41, 5.74) is 2.52. The molecule has 2 aromatic rings. The Labute approximate surface area is 186 Å². The summed E-state index contributed by atoms with van der Waals surface area (Å²) in [6.07, 6.45) is 0.557. The Hall–Kier alpha value is -2.42. The zero-order chi connectivity index (χ0) is 21.7. The molecule has 0 aliphatic carbocycles. The summed E-state index contributed by atoms with van der Waals surface area (Å²) >= 11 is 5.72. The number of nitrogens with one attached hydrogen (secondary N) is 1. The van der Waals surface area contributed by atoms with Crippen molar-refractivity contribution in [2.24, 2.45) is 0 Å². The van der Waals surface area contributed by atoms with Crippen LogP contribution in [-0.4, -0.2) is 41.3 Å². The van der Waals surface area contributed by atoms with Crippen LogP contribution in [0.25, 0.3) is 0 Å². The minimum absolute atomic E-state index is 0.0768. The minimum atomic E-state index is -0.172. The maximum absolute atomic E-state index is 13.0. The molecule has 0 spiro atoms. The third-order valence-electron chi connectivity index (χ3n) is 4.78. The van der Waals surface area contributed by atoms with Crippen molar-refractivity contribution in [2.45, 2.75) is 24.8 Å². The molecule has 3 rings (SSSR count). The number of amides is 1. The van der Waals surface area contributed by atoms with Gasteiger partial charge in [-0.15, -0.1) is 12.6 Å². The number of hydrogen-bond acceptors (Lipinski definition) is 7. The molecule has 1 aliphatic rings. The van der Waals surface area contributed by atoms with Crippen LogP contribution in [-0.2, 0) is 11.3 Å². The van der Waals surface area contributed by atoms with Crippen LogP contribution in [0.4, 0.5) is 5.69 Å². The van der Waals surface area contributed by atoms with Gasteiger partial charge in [0.15, 0.2) is 5.17 Å². The number of ether oxygens (including phenoxy) is 1. The fraction of sp³-hybridized carbons (Fsp3) is 0.273. The zero-order valence-electron chi connectivity index (χ0n) is 17.0. The second-order valence-electron chi connectivity index (χ2n) is 6.83. The molecule has 2 N–H and O–H groups in total. The summed E-state index contributed by atoms with van der Waals surface area (Å²) in [5, 5.41) is 17.4. The first kappa shape index (κ1) is 22.3. The topological polar surface area (TPSA) is 76.9 Å². The number of hydrogen-bond donors (Lipinski definition) is 3. The molecule has 1 amide bonds. The number of rotatable bonds is 8. The molecule has 6 nitrogen and oxygen atoms in total.